The predicted molar refractivity (Wildman–Crippen MR) is 89.8 cm³/mol. The fraction of sp³-hybridized carbons (Fsp3) is 0.706. The Hall–Kier alpha value is -1.89. The third-order valence-corrected chi connectivity index (χ3v) is 5.83. The summed E-state index contributed by atoms with van der Waals surface area (Å²) in [7, 11) is 1.82. The Morgan fingerprint density at radius 1 is 1.50 bits per heavy atom. The van der Waals surface area contributed by atoms with Crippen LogP contribution in [0.25, 0.3) is 0 Å². The first-order valence-electron chi connectivity index (χ1n) is 8.74. The highest BCUT2D eigenvalue weighted by Gasteiger charge is 2.48. The minimum atomic E-state index is -0.547. The maximum absolute atomic E-state index is 12.6. The molecule has 2 unspecified atom stereocenters. The zero-order valence-corrected chi connectivity index (χ0v) is 14.5. The molecular formula is C17H27N5O2. The average Bonchev–Trinajstić information content (AvgIpc) is 3.17. The molecule has 1 aromatic rings. The number of nitrogens with zero attached hydrogens (tertiary/aromatic N) is 3. The van der Waals surface area contributed by atoms with Gasteiger partial charge in [0.05, 0.1) is 11.7 Å². The molecule has 1 saturated carbocycles. The van der Waals surface area contributed by atoms with Crippen molar-refractivity contribution in [2.45, 2.75) is 38.6 Å². The van der Waals surface area contributed by atoms with E-state index in [1.807, 2.05) is 20.0 Å². The molecule has 2 aliphatic rings. The first-order valence-corrected chi connectivity index (χ1v) is 8.74. The van der Waals surface area contributed by atoms with E-state index in [2.05, 4.69) is 10.4 Å². The Kier molecular flexibility index (Phi) is 4.62. The maximum Gasteiger partial charge on any atom is 0.311 e. The summed E-state index contributed by atoms with van der Waals surface area (Å²) < 4.78 is 1.70. The van der Waals surface area contributed by atoms with E-state index in [1.54, 1.807) is 15.8 Å². The SMILES string of the molecule is C[C@H](NC(=O)C(=O)N1CC2CCCCC2(CN)C1)c1ccnn1C. The summed E-state index contributed by atoms with van der Waals surface area (Å²) in [6.07, 6.45) is 6.20. The van der Waals surface area contributed by atoms with Crippen LogP contribution in [-0.4, -0.2) is 46.1 Å². The second-order valence-corrected chi connectivity index (χ2v) is 7.27. The summed E-state index contributed by atoms with van der Waals surface area (Å²) in [5.41, 5.74) is 6.91. The van der Waals surface area contributed by atoms with Crippen LogP contribution in [0.1, 0.15) is 44.3 Å². The van der Waals surface area contributed by atoms with Gasteiger partial charge in [0.2, 0.25) is 0 Å². The molecule has 7 heteroatoms. The van der Waals surface area contributed by atoms with Gasteiger partial charge >= 0.3 is 11.8 Å². The summed E-state index contributed by atoms with van der Waals surface area (Å²) in [6, 6.07) is 1.57. The number of nitrogens with two attached hydrogens (primary N) is 1. The molecule has 3 rings (SSSR count). The zero-order chi connectivity index (χ0) is 17.3. The van der Waals surface area contributed by atoms with Gasteiger partial charge in [-0.25, -0.2) is 0 Å². The number of likely N-dealkylation sites (tertiary alicyclic amines) is 1. The molecule has 2 heterocycles. The summed E-state index contributed by atoms with van der Waals surface area (Å²) in [5, 5.41) is 6.88. The van der Waals surface area contributed by atoms with Crippen LogP contribution in [0.4, 0.5) is 0 Å². The monoisotopic (exact) mass is 333 g/mol. The van der Waals surface area contributed by atoms with Crippen molar-refractivity contribution in [3.05, 3.63) is 18.0 Å². The van der Waals surface area contributed by atoms with Gasteiger partial charge in [-0.1, -0.05) is 12.8 Å². The number of fused-ring (bicyclic) bond motifs is 1. The predicted octanol–water partition coefficient (Wildman–Crippen LogP) is 0.575. The highest BCUT2D eigenvalue weighted by atomic mass is 16.2. The van der Waals surface area contributed by atoms with E-state index in [1.165, 1.54) is 12.8 Å². The Morgan fingerprint density at radius 3 is 2.92 bits per heavy atom. The molecule has 1 saturated heterocycles. The Balaban J connectivity index is 1.64. The van der Waals surface area contributed by atoms with Gasteiger partial charge in [-0.05, 0) is 38.3 Å². The molecule has 24 heavy (non-hydrogen) atoms. The summed E-state index contributed by atoms with van der Waals surface area (Å²) >= 11 is 0. The number of carbonyl (C=O) groups excluding carboxylic acids is 2. The van der Waals surface area contributed by atoms with Crippen LogP contribution in [0.3, 0.4) is 0 Å². The van der Waals surface area contributed by atoms with Crippen molar-refractivity contribution >= 4 is 11.8 Å². The number of aromatic nitrogens is 2. The Labute approximate surface area is 142 Å². The molecule has 3 N–H and O–H groups in total. The van der Waals surface area contributed by atoms with E-state index in [9.17, 15) is 9.59 Å². The second-order valence-electron chi connectivity index (χ2n) is 7.27. The van der Waals surface area contributed by atoms with Gasteiger partial charge in [0.1, 0.15) is 0 Å². The van der Waals surface area contributed by atoms with E-state index >= 15 is 0 Å². The fourth-order valence-corrected chi connectivity index (χ4v) is 4.35. The van der Waals surface area contributed by atoms with Gasteiger partial charge in [0.25, 0.3) is 0 Å². The maximum atomic E-state index is 12.6. The van der Waals surface area contributed by atoms with Crippen LogP contribution in [0.5, 0.6) is 0 Å². The van der Waals surface area contributed by atoms with Crippen molar-refractivity contribution in [3.8, 4) is 0 Å². The average molecular weight is 333 g/mol. The van der Waals surface area contributed by atoms with Gasteiger partial charge in [-0.3, -0.25) is 14.3 Å². The normalized spacial score (nSPS) is 27.6. The van der Waals surface area contributed by atoms with E-state index in [4.69, 9.17) is 5.73 Å². The quantitative estimate of drug-likeness (QED) is 0.791. The Bertz CT molecular complexity index is 628. The highest BCUT2D eigenvalue weighted by Crippen LogP contribution is 2.45. The van der Waals surface area contributed by atoms with Crippen LogP contribution in [0.15, 0.2) is 12.3 Å². The molecule has 2 fully saturated rings. The van der Waals surface area contributed by atoms with E-state index in [-0.39, 0.29) is 11.5 Å². The lowest BCUT2D eigenvalue weighted by Crippen LogP contribution is -2.45. The van der Waals surface area contributed by atoms with Crippen molar-refractivity contribution in [3.63, 3.8) is 0 Å². The van der Waals surface area contributed by atoms with Crippen LogP contribution in [0.2, 0.25) is 0 Å². The molecule has 1 aromatic heterocycles. The largest absolute Gasteiger partial charge is 0.340 e. The van der Waals surface area contributed by atoms with Crippen molar-refractivity contribution in [1.82, 2.24) is 20.0 Å². The van der Waals surface area contributed by atoms with Gasteiger partial charge in [-0.15, -0.1) is 0 Å². The fourth-order valence-electron chi connectivity index (χ4n) is 4.35. The van der Waals surface area contributed by atoms with E-state index in [0.717, 1.165) is 18.5 Å². The van der Waals surface area contributed by atoms with Crippen LogP contribution >= 0.6 is 0 Å². The first kappa shape index (κ1) is 17.0. The van der Waals surface area contributed by atoms with E-state index < -0.39 is 11.8 Å². The summed E-state index contributed by atoms with van der Waals surface area (Å²) in [5.74, 6) is -0.553. The number of rotatable bonds is 3. The lowest BCUT2D eigenvalue weighted by atomic mass is 9.68. The minimum absolute atomic E-state index is 0.0157. The number of nitrogens with one attached hydrogen (secondary N) is 1. The van der Waals surface area contributed by atoms with Crippen molar-refractivity contribution in [1.29, 1.82) is 0 Å². The molecule has 0 radical (unpaired) electrons. The molecule has 7 nitrogen and oxygen atoms in total. The molecule has 3 atom stereocenters. The number of hydrogen-bond acceptors (Lipinski definition) is 4. The molecule has 0 spiro atoms. The number of amides is 2. The summed E-state index contributed by atoms with van der Waals surface area (Å²) in [4.78, 5) is 26.7. The van der Waals surface area contributed by atoms with Crippen LogP contribution in [-0.2, 0) is 16.6 Å². The van der Waals surface area contributed by atoms with Gasteiger partial charge in [-0.2, -0.15) is 5.10 Å². The van der Waals surface area contributed by atoms with Crippen molar-refractivity contribution in [2.75, 3.05) is 19.6 Å². The molecule has 0 bridgehead atoms. The van der Waals surface area contributed by atoms with Crippen LogP contribution in [0, 0.1) is 11.3 Å². The summed E-state index contributed by atoms with van der Waals surface area (Å²) in [6.45, 7) is 3.71. The molecular weight excluding hydrogens is 306 g/mol. The number of carbonyl (C=O) groups is 2. The first-order chi connectivity index (χ1) is 11.5. The number of hydrogen-bond donors (Lipinski definition) is 2. The molecule has 1 aliphatic heterocycles. The van der Waals surface area contributed by atoms with Crippen molar-refractivity contribution in [2.24, 2.45) is 24.1 Å². The third kappa shape index (κ3) is 2.92. The minimum Gasteiger partial charge on any atom is -0.340 e. The second kappa shape index (κ2) is 6.55. The zero-order valence-electron chi connectivity index (χ0n) is 14.5. The lowest BCUT2D eigenvalue weighted by Gasteiger charge is -2.37. The molecule has 2 amide bonds. The Morgan fingerprint density at radius 2 is 2.29 bits per heavy atom. The third-order valence-electron chi connectivity index (χ3n) is 5.83. The highest BCUT2D eigenvalue weighted by molar-refractivity contribution is 6.35. The standard InChI is InChI=1S/C17H27N5O2/c1-12(14-6-8-19-21(14)2)20-15(23)16(24)22-9-13-5-3-4-7-17(13,10-18)11-22/h6,8,12-13H,3-5,7,9-11,18H2,1-2H3,(H,20,23)/t12-,13?,17?/m0/s1. The van der Waals surface area contributed by atoms with Gasteiger partial charge in [0.15, 0.2) is 0 Å². The van der Waals surface area contributed by atoms with E-state index in [0.29, 0.717) is 25.6 Å². The van der Waals surface area contributed by atoms with Gasteiger partial charge < -0.3 is 16.0 Å². The molecule has 132 valence electrons. The lowest BCUT2D eigenvalue weighted by molar-refractivity contribution is -0.145. The smallest absolute Gasteiger partial charge is 0.311 e. The molecule has 1 aliphatic carbocycles. The van der Waals surface area contributed by atoms with Crippen LogP contribution < -0.4 is 11.1 Å². The topological polar surface area (TPSA) is 93.2 Å². The molecule has 0 aromatic carbocycles. The van der Waals surface area contributed by atoms with Gasteiger partial charge in [0, 0.05) is 31.7 Å². The van der Waals surface area contributed by atoms with Crippen molar-refractivity contribution < 1.29 is 9.59 Å². The number of aryl methyl sites for hydroxylation is 1.